The molecule has 25 heavy (non-hydrogen) atoms. The Labute approximate surface area is 153 Å². The Bertz CT molecular complexity index is 765. The highest BCUT2D eigenvalue weighted by Crippen LogP contribution is 2.17. The van der Waals surface area contributed by atoms with Crippen molar-refractivity contribution in [2.24, 2.45) is 5.73 Å². The summed E-state index contributed by atoms with van der Waals surface area (Å²) in [6.07, 6.45) is 0.259. The number of amides is 3. The maximum atomic E-state index is 12.0. The Kier molecular flexibility index (Phi) is 6.71. The maximum absolute atomic E-state index is 12.0. The van der Waals surface area contributed by atoms with Gasteiger partial charge in [-0.3, -0.25) is 14.4 Å². The van der Waals surface area contributed by atoms with Gasteiger partial charge in [0.25, 0.3) is 5.91 Å². The van der Waals surface area contributed by atoms with E-state index in [2.05, 4.69) is 26.6 Å². The molecule has 0 radical (unpaired) electrons. The fourth-order valence-electron chi connectivity index (χ4n) is 2.20. The molecule has 7 heteroatoms. The number of nitrogens with two attached hydrogens (primary N) is 1. The van der Waals surface area contributed by atoms with Gasteiger partial charge in [-0.05, 0) is 23.8 Å². The Morgan fingerprint density at radius 1 is 1.00 bits per heavy atom. The van der Waals surface area contributed by atoms with Crippen LogP contribution in [0.15, 0.2) is 59.1 Å². The first-order valence-corrected chi connectivity index (χ1v) is 8.42. The third-order valence-electron chi connectivity index (χ3n) is 3.51. The van der Waals surface area contributed by atoms with Gasteiger partial charge in [0.05, 0.1) is 6.54 Å². The second-order valence-corrected chi connectivity index (χ2v) is 6.22. The van der Waals surface area contributed by atoms with Crippen molar-refractivity contribution in [1.29, 1.82) is 0 Å². The Hall–Kier alpha value is -2.67. The van der Waals surface area contributed by atoms with Gasteiger partial charge in [-0.1, -0.05) is 52.3 Å². The van der Waals surface area contributed by atoms with Crippen molar-refractivity contribution in [1.82, 2.24) is 10.6 Å². The summed E-state index contributed by atoms with van der Waals surface area (Å²) in [6, 6.07) is 15.1. The van der Waals surface area contributed by atoms with E-state index < -0.39 is 17.9 Å². The molecule has 2 rings (SSSR count). The van der Waals surface area contributed by atoms with Crippen molar-refractivity contribution in [2.45, 2.75) is 12.5 Å². The number of nitrogens with one attached hydrogen (secondary N) is 2. The van der Waals surface area contributed by atoms with Crippen LogP contribution >= 0.6 is 15.9 Å². The van der Waals surface area contributed by atoms with Crippen LogP contribution in [-0.4, -0.2) is 30.3 Å². The molecule has 0 saturated carbocycles. The summed E-state index contributed by atoms with van der Waals surface area (Å²) in [6.45, 7) is -0.243. The molecule has 0 aromatic heterocycles. The van der Waals surface area contributed by atoms with E-state index in [0.717, 1.165) is 10.0 Å². The van der Waals surface area contributed by atoms with Gasteiger partial charge in [-0.25, -0.2) is 0 Å². The summed E-state index contributed by atoms with van der Waals surface area (Å²) < 4.78 is 0.827. The molecule has 0 unspecified atom stereocenters. The van der Waals surface area contributed by atoms with Crippen LogP contribution in [0.1, 0.15) is 15.9 Å². The van der Waals surface area contributed by atoms with Crippen LogP contribution < -0.4 is 16.4 Å². The van der Waals surface area contributed by atoms with Crippen molar-refractivity contribution >= 4 is 33.7 Å². The van der Waals surface area contributed by atoms with Crippen LogP contribution in [0.25, 0.3) is 0 Å². The zero-order chi connectivity index (χ0) is 18.2. The second kappa shape index (κ2) is 8.98. The number of rotatable bonds is 7. The smallest absolute Gasteiger partial charge is 0.251 e. The summed E-state index contributed by atoms with van der Waals surface area (Å²) in [4.78, 5) is 35.6. The number of halogens is 1. The molecule has 0 bridgehead atoms. The molecule has 4 N–H and O–H groups in total. The average molecular weight is 404 g/mol. The summed E-state index contributed by atoms with van der Waals surface area (Å²) in [5.41, 5.74) is 6.67. The molecular formula is C18H18BrN3O3. The van der Waals surface area contributed by atoms with E-state index in [1.165, 1.54) is 0 Å². The van der Waals surface area contributed by atoms with E-state index >= 15 is 0 Å². The van der Waals surface area contributed by atoms with Crippen molar-refractivity contribution < 1.29 is 14.4 Å². The van der Waals surface area contributed by atoms with Crippen LogP contribution in [0.4, 0.5) is 0 Å². The minimum atomic E-state index is -0.861. The summed E-state index contributed by atoms with van der Waals surface area (Å²) in [7, 11) is 0. The highest BCUT2D eigenvalue weighted by molar-refractivity contribution is 9.10. The van der Waals surface area contributed by atoms with Crippen molar-refractivity contribution in [2.75, 3.05) is 6.54 Å². The van der Waals surface area contributed by atoms with Gasteiger partial charge in [0.15, 0.2) is 0 Å². The number of carbonyl (C=O) groups is 3. The second-order valence-electron chi connectivity index (χ2n) is 5.37. The predicted octanol–water partition coefficient (Wildman–Crippen LogP) is 1.39. The lowest BCUT2D eigenvalue weighted by atomic mass is 10.1. The minimum absolute atomic E-state index is 0.243. The first kappa shape index (κ1) is 18.7. The third kappa shape index (κ3) is 5.72. The van der Waals surface area contributed by atoms with E-state index in [9.17, 15) is 14.4 Å². The fourth-order valence-corrected chi connectivity index (χ4v) is 2.65. The van der Waals surface area contributed by atoms with E-state index in [0.29, 0.717) is 5.56 Å². The minimum Gasteiger partial charge on any atom is -0.368 e. The molecule has 0 aliphatic carbocycles. The monoisotopic (exact) mass is 403 g/mol. The number of hydrogen-bond donors (Lipinski definition) is 3. The van der Waals surface area contributed by atoms with E-state index in [4.69, 9.17) is 5.73 Å². The summed E-state index contributed by atoms with van der Waals surface area (Å²) in [5.74, 6) is -1.49. The van der Waals surface area contributed by atoms with Crippen molar-refractivity contribution in [3.63, 3.8) is 0 Å². The van der Waals surface area contributed by atoms with Gasteiger partial charge in [0.1, 0.15) is 6.04 Å². The molecule has 2 aromatic carbocycles. The van der Waals surface area contributed by atoms with E-state index in [1.807, 2.05) is 24.3 Å². The van der Waals surface area contributed by atoms with Gasteiger partial charge in [0, 0.05) is 16.5 Å². The average Bonchev–Trinajstić information content (AvgIpc) is 2.61. The lowest BCUT2D eigenvalue weighted by molar-refractivity contribution is -0.126. The number of hydrogen-bond acceptors (Lipinski definition) is 3. The van der Waals surface area contributed by atoms with E-state index in [1.54, 1.807) is 30.3 Å². The third-order valence-corrected chi connectivity index (χ3v) is 4.28. The van der Waals surface area contributed by atoms with Crippen molar-refractivity contribution in [3.8, 4) is 0 Å². The molecule has 0 spiro atoms. The van der Waals surface area contributed by atoms with E-state index in [-0.39, 0.29) is 18.9 Å². The Morgan fingerprint density at radius 2 is 1.64 bits per heavy atom. The highest BCUT2D eigenvalue weighted by Gasteiger charge is 2.20. The lowest BCUT2D eigenvalue weighted by Gasteiger charge is -2.16. The quantitative estimate of drug-likeness (QED) is 0.650. The summed E-state index contributed by atoms with van der Waals surface area (Å²) >= 11 is 3.39. The van der Waals surface area contributed by atoms with Gasteiger partial charge in [-0.15, -0.1) is 0 Å². The molecule has 1 atom stereocenters. The Balaban J connectivity index is 1.91. The molecule has 6 nitrogen and oxygen atoms in total. The topological polar surface area (TPSA) is 101 Å². The summed E-state index contributed by atoms with van der Waals surface area (Å²) in [5, 5.41) is 5.06. The largest absolute Gasteiger partial charge is 0.368 e. The molecule has 3 amide bonds. The zero-order valence-corrected chi connectivity index (χ0v) is 15.0. The van der Waals surface area contributed by atoms with Gasteiger partial charge >= 0.3 is 0 Å². The maximum Gasteiger partial charge on any atom is 0.251 e. The lowest BCUT2D eigenvalue weighted by Crippen LogP contribution is -2.49. The van der Waals surface area contributed by atoms with Crippen LogP contribution in [-0.2, 0) is 16.0 Å². The standard InChI is InChI=1S/C18H18BrN3O3/c19-14-9-5-4-8-13(14)10-15(17(20)24)22-16(23)11-21-18(25)12-6-2-1-3-7-12/h1-9,15H,10-11H2,(H2,20,24)(H,21,25)(H,22,23)/t15-/m0/s1. The Morgan fingerprint density at radius 3 is 2.28 bits per heavy atom. The molecule has 0 aliphatic rings. The molecule has 0 fully saturated rings. The molecule has 2 aromatic rings. The van der Waals surface area contributed by atoms with Crippen LogP contribution in [0, 0.1) is 0 Å². The number of benzene rings is 2. The van der Waals surface area contributed by atoms with Crippen LogP contribution in [0.3, 0.4) is 0 Å². The normalized spacial score (nSPS) is 11.4. The molecule has 0 heterocycles. The molecule has 130 valence electrons. The molecular weight excluding hydrogens is 386 g/mol. The van der Waals surface area contributed by atoms with Crippen LogP contribution in [0.5, 0.6) is 0 Å². The molecule has 0 aliphatic heterocycles. The van der Waals surface area contributed by atoms with Gasteiger partial charge < -0.3 is 16.4 Å². The predicted molar refractivity (Wildman–Crippen MR) is 97.7 cm³/mol. The highest BCUT2D eigenvalue weighted by atomic mass is 79.9. The SMILES string of the molecule is NC(=O)[C@H](Cc1ccccc1Br)NC(=O)CNC(=O)c1ccccc1. The van der Waals surface area contributed by atoms with Crippen molar-refractivity contribution in [3.05, 3.63) is 70.2 Å². The van der Waals surface area contributed by atoms with Gasteiger partial charge in [0.2, 0.25) is 11.8 Å². The zero-order valence-electron chi connectivity index (χ0n) is 13.4. The van der Waals surface area contributed by atoms with Crippen LogP contribution in [0.2, 0.25) is 0 Å². The fraction of sp³-hybridized carbons (Fsp3) is 0.167. The molecule has 0 saturated heterocycles. The first-order chi connectivity index (χ1) is 12.0. The van der Waals surface area contributed by atoms with Gasteiger partial charge in [-0.2, -0.15) is 0 Å². The number of primary amides is 1. The first-order valence-electron chi connectivity index (χ1n) is 7.62. The number of carbonyl (C=O) groups excluding carboxylic acids is 3.